The van der Waals surface area contributed by atoms with Gasteiger partial charge in [-0.2, -0.15) is 0 Å². The maximum absolute atomic E-state index is 12.0. The van der Waals surface area contributed by atoms with Gasteiger partial charge >= 0.3 is 11.9 Å². The van der Waals surface area contributed by atoms with E-state index in [0.717, 1.165) is 11.1 Å². The fraction of sp³-hybridized carbons (Fsp3) is 0.333. The fourth-order valence-electron chi connectivity index (χ4n) is 2.24. The Hall–Kier alpha value is -2.86. The van der Waals surface area contributed by atoms with Crippen LogP contribution in [0.15, 0.2) is 42.5 Å². The van der Waals surface area contributed by atoms with Gasteiger partial charge in [0, 0.05) is 6.61 Å². The molecule has 2 aromatic rings. The highest BCUT2D eigenvalue weighted by molar-refractivity contribution is 5.89. The van der Waals surface area contributed by atoms with Gasteiger partial charge in [0.2, 0.25) is 0 Å². The number of rotatable bonds is 9. The van der Waals surface area contributed by atoms with E-state index < -0.39 is 11.9 Å². The molecule has 6 nitrogen and oxygen atoms in total. The van der Waals surface area contributed by atoms with Crippen LogP contribution in [0.25, 0.3) is 0 Å². The Labute approximate surface area is 159 Å². The minimum Gasteiger partial charge on any atom is -0.482 e. The molecule has 0 saturated heterocycles. The van der Waals surface area contributed by atoms with Crippen LogP contribution < -0.4 is 9.47 Å². The number of carbonyl (C=O) groups is 2. The second-order valence-corrected chi connectivity index (χ2v) is 5.89. The molecule has 0 aliphatic rings. The van der Waals surface area contributed by atoms with Crippen molar-refractivity contribution in [3.8, 4) is 11.5 Å². The van der Waals surface area contributed by atoms with E-state index in [9.17, 15) is 9.59 Å². The zero-order valence-corrected chi connectivity index (χ0v) is 15.8. The average molecular weight is 372 g/mol. The molecule has 0 amide bonds. The molecule has 2 aromatic carbocycles. The number of esters is 2. The molecule has 0 saturated carbocycles. The van der Waals surface area contributed by atoms with Crippen molar-refractivity contribution in [1.29, 1.82) is 0 Å². The van der Waals surface area contributed by atoms with Crippen LogP contribution in [0.4, 0.5) is 0 Å². The molecule has 0 aliphatic heterocycles. The van der Waals surface area contributed by atoms with Gasteiger partial charge in [-0.3, -0.25) is 0 Å². The SMILES string of the molecule is CCOCCOC(=O)c1ccc(OC(=O)COc2cc(C)ccc2C)cc1. The largest absolute Gasteiger partial charge is 0.482 e. The van der Waals surface area contributed by atoms with Gasteiger partial charge in [-0.15, -0.1) is 0 Å². The van der Waals surface area contributed by atoms with Crippen LogP contribution in [0.5, 0.6) is 11.5 Å². The molecule has 0 unspecified atom stereocenters. The van der Waals surface area contributed by atoms with E-state index in [-0.39, 0.29) is 13.2 Å². The third-order valence-corrected chi connectivity index (χ3v) is 3.68. The molecule has 0 radical (unpaired) electrons. The zero-order valence-electron chi connectivity index (χ0n) is 15.8. The predicted octanol–water partition coefficient (Wildman–Crippen LogP) is 3.48. The Kier molecular flexibility index (Phi) is 7.82. The maximum atomic E-state index is 12.0. The Morgan fingerprint density at radius 2 is 1.70 bits per heavy atom. The topological polar surface area (TPSA) is 71.1 Å². The molecule has 0 bridgehead atoms. The smallest absolute Gasteiger partial charge is 0.349 e. The molecule has 0 aromatic heterocycles. The van der Waals surface area contributed by atoms with Crippen molar-refractivity contribution >= 4 is 11.9 Å². The summed E-state index contributed by atoms with van der Waals surface area (Å²) in [7, 11) is 0. The van der Waals surface area contributed by atoms with E-state index in [1.807, 2.05) is 39.0 Å². The lowest BCUT2D eigenvalue weighted by molar-refractivity contribution is -0.136. The molecule has 144 valence electrons. The van der Waals surface area contributed by atoms with E-state index in [4.69, 9.17) is 18.9 Å². The Bertz CT molecular complexity index is 767. The van der Waals surface area contributed by atoms with Crippen LogP contribution in [0.1, 0.15) is 28.4 Å². The quantitative estimate of drug-likeness (QED) is 0.381. The standard InChI is InChI=1S/C21H24O6/c1-4-24-11-12-25-21(23)17-7-9-18(10-8-17)27-20(22)14-26-19-13-15(2)5-6-16(19)3/h5-10,13H,4,11-12,14H2,1-3H3. The Morgan fingerprint density at radius 1 is 0.963 bits per heavy atom. The van der Waals surface area contributed by atoms with Crippen molar-refractivity contribution in [1.82, 2.24) is 0 Å². The predicted molar refractivity (Wildman–Crippen MR) is 100 cm³/mol. The van der Waals surface area contributed by atoms with Crippen LogP contribution >= 0.6 is 0 Å². The maximum Gasteiger partial charge on any atom is 0.349 e. The minimum atomic E-state index is -0.525. The van der Waals surface area contributed by atoms with Crippen molar-refractivity contribution in [2.45, 2.75) is 20.8 Å². The molecule has 0 fully saturated rings. The second kappa shape index (κ2) is 10.3. The number of hydrogen-bond acceptors (Lipinski definition) is 6. The van der Waals surface area contributed by atoms with E-state index in [2.05, 4.69) is 0 Å². The van der Waals surface area contributed by atoms with Crippen LogP contribution in [0.2, 0.25) is 0 Å². The van der Waals surface area contributed by atoms with Crippen molar-refractivity contribution in [2.24, 2.45) is 0 Å². The average Bonchev–Trinajstić information content (AvgIpc) is 2.66. The minimum absolute atomic E-state index is 0.194. The van der Waals surface area contributed by atoms with Gasteiger partial charge in [-0.25, -0.2) is 9.59 Å². The highest BCUT2D eigenvalue weighted by atomic mass is 16.6. The van der Waals surface area contributed by atoms with E-state index in [0.29, 0.717) is 30.3 Å². The lowest BCUT2D eigenvalue weighted by Gasteiger charge is -2.10. The number of ether oxygens (including phenoxy) is 4. The second-order valence-electron chi connectivity index (χ2n) is 5.89. The monoisotopic (exact) mass is 372 g/mol. The van der Waals surface area contributed by atoms with Gasteiger partial charge < -0.3 is 18.9 Å². The molecule has 6 heteroatoms. The third-order valence-electron chi connectivity index (χ3n) is 3.68. The first-order valence-electron chi connectivity index (χ1n) is 8.75. The number of hydrogen-bond donors (Lipinski definition) is 0. The van der Waals surface area contributed by atoms with Gasteiger partial charge in [-0.05, 0) is 62.2 Å². The van der Waals surface area contributed by atoms with Crippen molar-refractivity contribution < 1.29 is 28.5 Å². The number of benzene rings is 2. The normalized spacial score (nSPS) is 10.3. The molecule has 0 atom stereocenters. The van der Waals surface area contributed by atoms with Crippen LogP contribution in [-0.4, -0.2) is 38.4 Å². The van der Waals surface area contributed by atoms with Gasteiger partial charge in [0.25, 0.3) is 0 Å². The molecule has 0 aliphatic carbocycles. The molecular weight excluding hydrogens is 348 g/mol. The van der Waals surface area contributed by atoms with Crippen LogP contribution in [0.3, 0.4) is 0 Å². The number of carbonyl (C=O) groups excluding carboxylic acids is 2. The van der Waals surface area contributed by atoms with Gasteiger partial charge in [0.1, 0.15) is 18.1 Å². The Morgan fingerprint density at radius 3 is 2.41 bits per heavy atom. The highest BCUT2D eigenvalue weighted by Gasteiger charge is 2.10. The van der Waals surface area contributed by atoms with Crippen LogP contribution in [0, 0.1) is 13.8 Å². The zero-order chi connectivity index (χ0) is 19.6. The summed E-state index contributed by atoms with van der Waals surface area (Å²) in [6.45, 7) is 6.66. The summed E-state index contributed by atoms with van der Waals surface area (Å²) in [6, 6.07) is 11.9. The van der Waals surface area contributed by atoms with Gasteiger partial charge in [0.05, 0.1) is 12.2 Å². The third kappa shape index (κ3) is 6.75. The van der Waals surface area contributed by atoms with Gasteiger partial charge in [0.15, 0.2) is 6.61 Å². The van der Waals surface area contributed by atoms with E-state index >= 15 is 0 Å². The van der Waals surface area contributed by atoms with Crippen molar-refractivity contribution in [3.05, 3.63) is 59.2 Å². The summed E-state index contributed by atoms with van der Waals surface area (Å²) in [6.07, 6.45) is 0. The van der Waals surface area contributed by atoms with E-state index in [1.165, 1.54) is 24.3 Å². The summed E-state index contributed by atoms with van der Waals surface area (Å²) in [5.74, 6) is 0.00121. The summed E-state index contributed by atoms with van der Waals surface area (Å²) in [4.78, 5) is 23.8. The molecular formula is C21H24O6. The molecule has 0 N–H and O–H groups in total. The first-order valence-corrected chi connectivity index (χ1v) is 8.75. The summed E-state index contributed by atoms with van der Waals surface area (Å²) >= 11 is 0. The lowest BCUT2D eigenvalue weighted by atomic mass is 10.1. The first kappa shape index (κ1) is 20.5. The molecule has 2 rings (SSSR count). The van der Waals surface area contributed by atoms with Gasteiger partial charge in [-0.1, -0.05) is 12.1 Å². The summed E-state index contributed by atoms with van der Waals surface area (Å²) in [5, 5.41) is 0. The van der Waals surface area contributed by atoms with Crippen molar-refractivity contribution in [3.63, 3.8) is 0 Å². The van der Waals surface area contributed by atoms with E-state index in [1.54, 1.807) is 0 Å². The molecule has 0 heterocycles. The first-order chi connectivity index (χ1) is 13.0. The highest BCUT2D eigenvalue weighted by Crippen LogP contribution is 2.19. The molecule has 27 heavy (non-hydrogen) atoms. The lowest BCUT2D eigenvalue weighted by Crippen LogP contribution is -2.18. The fourth-order valence-corrected chi connectivity index (χ4v) is 2.24. The summed E-state index contributed by atoms with van der Waals surface area (Å²) < 4.78 is 20.9. The molecule has 0 spiro atoms. The van der Waals surface area contributed by atoms with Crippen molar-refractivity contribution in [2.75, 3.05) is 26.4 Å². The number of aryl methyl sites for hydroxylation is 2. The van der Waals surface area contributed by atoms with Crippen LogP contribution in [-0.2, 0) is 14.3 Å². The summed E-state index contributed by atoms with van der Waals surface area (Å²) in [5.41, 5.74) is 2.37. The Balaban J connectivity index is 1.82.